The molecule has 1 N–H and O–H groups in total. The van der Waals surface area contributed by atoms with Gasteiger partial charge in [-0.2, -0.15) is 13.2 Å². The van der Waals surface area contributed by atoms with Crippen molar-refractivity contribution in [3.8, 4) is 17.4 Å². The Labute approximate surface area is 270 Å². The summed E-state index contributed by atoms with van der Waals surface area (Å²) in [6.45, 7) is 15.6. The number of carbonyl (C=O) groups excluding carboxylic acids is 1. The first kappa shape index (κ1) is 38.6. The molecular weight excluding hydrogens is 649 g/mol. The Kier molecular flexibility index (Phi) is 14.4. The second kappa shape index (κ2) is 16.8. The van der Waals surface area contributed by atoms with E-state index in [0.717, 1.165) is 12.5 Å². The molecule has 1 aromatic carbocycles. The van der Waals surface area contributed by atoms with Crippen LogP contribution in [0.2, 0.25) is 21.6 Å². The van der Waals surface area contributed by atoms with Gasteiger partial charge in [-0.1, -0.05) is 72.9 Å². The lowest BCUT2D eigenvalue weighted by Crippen LogP contribution is -2.48. The molecule has 1 aromatic heterocycles. The van der Waals surface area contributed by atoms with Crippen molar-refractivity contribution in [2.75, 3.05) is 19.0 Å². The molecule has 0 saturated heterocycles. The van der Waals surface area contributed by atoms with Gasteiger partial charge in [0.15, 0.2) is 8.32 Å². The third-order valence-corrected chi connectivity index (χ3v) is 15.2. The van der Waals surface area contributed by atoms with Crippen LogP contribution in [-0.2, 0) is 25.4 Å². The van der Waals surface area contributed by atoms with Gasteiger partial charge in [0.25, 0.3) is 5.91 Å². The molecule has 1 amide bonds. The van der Waals surface area contributed by atoms with E-state index < -0.39 is 36.0 Å². The van der Waals surface area contributed by atoms with Crippen LogP contribution in [0, 0.1) is 0 Å². The third kappa shape index (κ3) is 11.3. The van der Waals surface area contributed by atoms with Crippen LogP contribution in [0.5, 0.6) is 17.4 Å². The highest BCUT2D eigenvalue weighted by Gasteiger charge is 2.44. The Hall–Kier alpha value is -2.61. The quantitative estimate of drug-likeness (QED) is 0.100. The van der Waals surface area contributed by atoms with E-state index in [4.69, 9.17) is 25.5 Å². The smallest absolute Gasteiger partial charge is 0.417 e. The lowest BCUT2D eigenvalue weighted by molar-refractivity contribution is -0.137. The van der Waals surface area contributed by atoms with E-state index in [1.165, 1.54) is 12.1 Å². The summed E-state index contributed by atoms with van der Waals surface area (Å²) in [5.41, 5.74) is 0.438. The summed E-state index contributed by atoms with van der Waals surface area (Å²) in [5.74, 6) is -0.925. The van der Waals surface area contributed by atoms with Crippen LogP contribution in [0.15, 0.2) is 36.5 Å². The summed E-state index contributed by atoms with van der Waals surface area (Å²) >= 11 is 6.07. The molecule has 14 heteroatoms. The number of sulfonamides is 1. The number of hydrogen-bond donors (Lipinski definition) is 1. The van der Waals surface area contributed by atoms with E-state index in [1.54, 1.807) is 12.1 Å². The zero-order valence-corrected chi connectivity index (χ0v) is 29.4. The summed E-state index contributed by atoms with van der Waals surface area (Å²) in [7, 11) is -5.92. The topological polar surface area (TPSA) is 104 Å². The number of pyridine rings is 1. The summed E-state index contributed by atoms with van der Waals surface area (Å²) in [4.78, 5) is 16.1. The molecule has 0 radical (unpaired) electrons. The van der Waals surface area contributed by atoms with Crippen LogP contribution < -0.4 is 14.2 Å². The number of halogens is 4. The number of hydrogen-bond acceptors (Lipinski definition) is 7. The highest BCUT2D eigenvalue weighted by atomic mass is 35.5. The number of rotatable bonds is 17. The average Bonchev–Trinajstić information content (AvgIpc) is 2.92. The van der Waals surface area contributed by atoms with Crippen LogP contribution >= 0.6 is 11.6 Å². The molecular formula is C31H44ClF3N2O6SSi. The molecule has 252 valence electrons. The van der Waals surface area contributed by atoms with Crippen molar-refractivity contribution in [3.63, 3.8) is 0 Å². The number of unbranched alkanes of at least 4 members (excludes halogenated alkanes) is 2. The van der Waals surface area contributed by atoms with Crippen LogP contribution in [0.4, 0.5) is 13.2 Å². The monoisotopic (exact) mass is 692 g/mol. The van der Waals surface area contributed by atoms with Crippen LogP contribution in [0.3, 0.4) is 0 Å². The molecule has 0 saturated carbocycles. The predicted molar refractivity (Wildman–Crippen MR) is 174 cm³/mol. The van der Waals surface area contributed by atoms with Gasteiger partial charge in [-0.15, -0.1) is 0 Å². The first-order valence-corrected chi connectivity index (χ1v) is 19.1. The maximum Gasteiger partial charge on any atom is 0.417 e. The van der Waals surface area contributed by atoms with Crippen LogP contribution in [0.25, 0.3) is 6.08 Å². The second-order valence-corrected chi connectivity index (χ2v) is 19.4. The molecule has 45 heavy (non-hydrogen) atoms. The number of alkyl halides is 3. The number of amides is 1. The van der Waals surface area contributed by atoms with Gasteiger partial charge in [0.05, 0.1) is 17.9 Å². The second-order valence-electron chi connectivity index (χ2n) is 11.7. The minimum atomic E-state index is -4.65. The van der Waals surface area contributed by atoms with Crippen molar-refractivity contribution >= 4 is 41.9 Å². The molecule has 8 nitrogen and oxygen atoms in total. The number of aromatic nitrogens is 1. The molecule has 2 aromatic rings. The van der Waals surface area contributed by atoms with Gasteiger partial charge >= 0.3 is 6.18 Å². The standard InChI is InChI=1S/C31H44ClF3N2O6SSi/c1-8-9-10-17-44(39,40)37-29(38)14-12-24-11-13-26(41-15-16-42-45(21(2)3,22(4)5)23(6)7)19-28(24)43-30-27(32)18-25(20-36-30)31(33,34)35/h11-14,18-23H,8-10,15-17H2,1-7H3,(H,37,38)/b14-12+. The fraction of sp³-hybridized carbons (Fsp3) is 0.548. The fourth-order valence-electron chi connectivity index (χ4n) is 5.41. The molecule has 0 aliphatic rings. The van der Waals surface area contributed by atoms with E-state index in [1.807, 2.05) is 11.6 Å². The molecule has 0 aliphatic heterocycles. The third-order valence-electron chi connectivity index (χ3n) is 7.42. The van der Waals surface area contributed by atoms with Gasteiger partial charge < -0.3 is 13.9 Å². The molecule has 0 unspecified atom stereocenters. The zero-order chi connectivity index (χ0) is 34.0. The van der Waals surface area contributed by atoms with Crippen molar-refractivity contribution in [2.24, 2.45) is 0 Å². The van der Waals surface area contributed by atoms with E-state index in [2.05, 4.69) is 46.5 Å². The summed E-state index contributed by atoms with van der Waals surface area (Å²) in [6, 6.07) is 5.35. The first-order valence-electron chi connectivity index (χ1n) is 15.0. The Morgan fingerprint density at radius 2 is 1.69 bits per heavy atom. The number of carbonyl (C=O) groups is 1. The largest absolute Gasteiger partial charge is 0.491 e. The molecule has 1 heterocycles. The van der Waals surface area contributed by atoms with Gasteiger partial charge in [-0.3, -0.25) is 4.79 Å². The van der Waals surface area contributed by atoms with E-state index in [0.29, 0.717) is 59.6 Å². The molecule has 0 spiro atoms. The number of nitrogens with one attached hydrogen (secondary N) is 1. The van der Waals surface area contributed by atoms with Gasteiger partial charge in [-0.25, -0.2) is 18.1 Å². The maximum atomic E-state index is 13.1. The van der Waals surface area contributed by atoms with E-state index >= 15 is 0 Å². The molecule has 0 aliphatic carbocycles. The molecule has 0 fully saturated rings. The normalized spacial score (nSPS) is 12.8. The van der Waals surface area contributed by atoms with Gasteiger partial charge in [0.1, 0.15) is 23.1 Å². The van der Waals surface area contributed by atoms with Gasteiger partial charge in [0.2, 0.25) is 15.9 Å². The summed E-state index contributed by atoms with van der Waals surface area (Å²) < 4.78 is 84.0. The van der Waals surface area contributed by atoms with Crippen molar-refractivity contribution < 1.29 is 40.3 Å². The zero-order valence-electron chi connectivity index (χ0n) is 26.8. The number of ether oxygens (including phenoxy) is 2. The molecule has 0 atom stereocenters. The Bertz CT molecular complexity index is 1400. The van der Waals surface area contributed by atoms with E-state index in [-0.39, 0.29) is 29.0 Å². The Morgan fingerprint density at radius 3 is 2.24 bits per heavy atom. The SMILES string of the molecule is CCCCCS(=O)(=O)NC(=O)/C=C/c1ccc(OCCO[Si](C(C)C)(C(C)C)C(C)C)cc1Oc1ncc(C(F)(F)F)cc1Cl. The Morgan fingerprint density at radius 1 is 1.04 bits per heavy atom. The van der Waals surface area contributed by atoms with Gasteiger partial charge in [0, 0.05) is 23.9 Å². The minimum absolute atomic E-state index is 0.0627. The minimum Gasteiger partial charge on any atom is -0.491 e. The van der Waals surface area contributed by atoms with E-state index in [9.17, 15) is 26.4 Å². The molecule has 0 bridgehead atoms. The van der Waals surface area contributed by atoms with Crippen molar-refractivity contribution in [2.45, 2.75) is 90.5 Å². The highest BCUT2D eigenvalue weighted by molar-refractivity contribution is 7.90. The maximum absolute atomic E-state index is 13.1. The van der Waals surface area contributed by atoms with Crippen LogP contribution in [-0.4, -0.2) is 46.6 Å². The van der Waals surface area contributed by atoms with Crippen molar-refractivity contribution in [1.29, 1.82) is 0 Å². The lowest BCUT2D eigenvalue weighted by Gasteiger charge is -2.42. The first-order chi connectivity index (χ1) is 20.9. The number of nitrogens with zero attached hydrogens (tertiary/aromatic N) is 1. The lowest BCUT2D eigenvalue weighted by atomic mass is 10.1. The summed E-state index contributed by atoms with van der Waals surface area (Å²) in [6.07, 6.45) is 0.234. The van der Waals surface area contributed by atoms with Crippen molar-refractivity contribution in [3.05, 3.63) is 52.7 Å². The Balaban J connectivity index is 2.31. The van der Waals surface area contributed by atoms with Crippen molar-refractivity contribution in [1.82, 2.24) is 9.71 Å². The predicted octanol–water partition coefficient (Wildman–Crippen LogP) is 8.77. The highest BCUT2D eigenvalue weighted by Crippen LogP contribution is 2.42. The van der Waals surface area contributed by atoms with Crippen LogP contribution in [0.1, 0.15) is 78.9 Å². The average molecular weight is 693 g/mol. The van der Waals surface area contributed by atoms with Gasteiger partial charge in [-0.05, 0) is 47.3 Å². The fourth-order valence-corrected chi connectivity index (χ4v) is 12.1. The number of benzene rings is 1. The molecule has 2 rings (SSSR count). The summed E-state index contributed by atoms with van der Waals surface area (Å²) in [5, 5.41) is -0.382.